The van der Waals surface area contributed by atoms with Gasteiger partial charge in [-0.1, -0.05) is 25.1 Å². The molecule has 5 nitrogen and oxygen atoms in total. The number of benzene rings is 2. The molecule has 0 spiro atoms. The highest BCUT2D eigenvalue weighted by molar-refractivity contribution is 6.10. The van der Waals surface area contributed by atoms with Crippen molar-refractivity contribution in [3.8, 4) is 11.8 Å². The smallest absolute Gasteiger partial charge is 0.266 e. The number of nitrogens with zero attached hydrogens (tertiary/aromatic N) is 2. The van der Waals surface area contributed by atoms with Gasteiger partial charge in [0.15, 0.2) is 0 Å². The number of amides is 1. The van der Waals surface area contributed by atoms with E-state index in [1.807, 2.05) is 43.3 Å². The number of hydrogen-bond acceptors (Lipinski definition) is 4. The van der Waals surface area contributed by atoms with Gasteiger partial charge >= 0.3 is 0 Å². The minimum absolute atomic E-state index is 0.0212. The van der Waals surface area contributed by atoms with Crippen LogP contribution in [0.1, 0.15) is 50.8 Å². The van der Waals surface area contributed by atoms with Crippen molar-refractivity contribution in [2.45, 2.75) is 46.6 Å². The molecule has 0 unspecified atom stereocenters. The van der Waals surface area contributed by atoms with Crippen LogP contribution in [0.4, 0.5) is 11.4 Å². The minimum atomic E-state index is -0.445. The van der Waals surface area contributed by atoms with E-state index >= 15 is 0 Å². The Balaban J connectivity index is 2.04. The van der Waals surface area contributed by atoms with E-state index < -0.39 is 5.91 Å². The van der Waals surface area contributed by atoms with Gasteiger partial charge in [-0.2, -0.15) is 5.26 Å². The van der Waals surface area contributed by atoms with E-state index in [1.54, 1.807) is 19.3 Å². The average Bonchev–Trinajstić information content (AvgIpc) is 2.74. The van der Waals surface area contributed by atoms with Crippen molar-refractivity contribution in [2.24, 2.45) is 0 Å². The molecule has 32 heavy (non-hydrogen) atoms. The number of carbonyl (C=O) groups excluding carboxylic acids is 1. The van der Waals surface area contributed by atoms with Gasteiger partial charge < -0.3 is 15.0 Å². The molecule has 1 amide bonds. The van der Waals surface area contributed by atoms with Crippen LogP contribution in [-0.2, 0) is 4.79 Å². The molecule has 0 saturated heterocycles. The van der Waals surface area contributed by atoms with Crippen LogP contribution < -0.4 is 15.0 Å². The van der Waals surface area contributed by atoms with Crippen molar-refractivity contribution in [1.29, 1.82) is 5.26 Å². The Morgan fingerprint density at radius 2 is 2.00 bits per heavy atom. The zero-order valence-corrected chi connectivity index (χ0v) is 19.7. The first-order chi connectivity index (χ1) is 15.2. The summed E-state index contributed by atoms with van der Waals surface area (Å²) in [5.74, 6) is 0.185. The number of methoxy groups -OCH3 is 1. The van der Waals surface area contributed by atoms with Gasteiger partial charge in [0.05, 0.1) is 12.6 Å². The topological polar surface area (TPSA) is 65.4 Å². The molecular formula is C27H31N3O2. The molecule has 2 aromatic rings. The van der Waals surface area contributed by atoms with Gasteiger partial charge in [0.25, 0.3) is 5.91 Å². The lowest BCUT2D eigenvalue weighted by molar-refractivity contribution is -0.112. The largest absolute Gasteiger partial charge is 0.496 e. The summed E-state index contributed by atoms with van der Waals surface area (Å²) in [6, 6.07) is 13.6. The summed E-state index contributed by atoms with van der Waals surface area (Å²) >= 11 is 0. The Labute approximate surface area is 191 Å². The Morgan fingerprint density at radius 1 is 1.25 bits per heavy atom. The summed E-state index contributed by atoms with van der Waals surface area (Å²) in [6.07, 6.45) is 4.89. The third-order valence-electron chi connectivity index (χ3n) is 5.72. The maximum absolute atomic E-state index is 12.8. The SMILES string of the molecule is CCCN1c2cc(OC)c(/C=C(\C#N)C(=O)Nc3cccc(C)c3)cc2C(C)=CC1(C)C. The lowest BCUT2D eigenvalue weighted by Crippen LogP contribution is -2.45. The third kappa shape index (κ3) is 4.70. The third-order valence-corrected chi connectivity index (χ3v) is 5.72. The van der Waals surface area contributed by atoms with Crippen LogP contribution in [0.25, 0.3) is 11.6 Å². The van der Waals surface area contributed by atoms with Crippen LogP contribution in [0, 0.1) is 18.3 Å². The van der Waals surface area contributed by atoms with E-state index in [1.165, 1.54) is 0 Å². The van der Waals surface area contributed by atoms with Gasteiger partial charge in [-0.15, -0.1) is 0 Å². The second-order valence-corrected chi connectivity index (χ2v) is 8.74. The molecule has 1 aliphatic heterocycles. The van der Waals surface area contributed by atoms with E-state index in [4.69, 9.17) is 4.74 Å². The number of hydrogen-bond donors (Lipinski definition) is 1. The maximum atomic E-state index is 12.8. The number of nitrogens with one attached hydrogen (secondary N) is 1. The monoisotopic (exact) mass is 429 g/mol. The van der Waals surface area contributed by atoms with Crippen LogP contribution in [-0.4, -0.2) is 25.1 Å². The van der Waals surface area contributed by atoms with Crippen LogP contribution in [0.3, 0.4) is 0 Å². The van der Waals surface area contributed by atoms with Gasteiger partial charge in [-0.05, 0) is 69.5 Å². The zero-order chi connectivity index (χ0) is 23.5. The number of fused-ring (bicyclic) bond motifs is 1. The summed E-state index contributed by atoms with van der Waals surface area (Å²) in [5.41, 5.74) is 5.65. The number of ether oxygens (including phenoxy) is 1. The van der Waals surface area contributed by atoms with Gasteiger partial charge in [0.1, 0.15) is 17.4 Å². The van der Waals surface area contributed by atoms with Gasteiger partial charge in [-0.25, -0.2) is 0 Å². The maximum Gasteiger partial charge on any atom is 0.266 e. The fourth-order valence-corrected chi connectivity index (χ4v) is 4.27. The van der Waals surface area contributed by atoms with Crippen molar-refractivity contribution < 1.29 is 9.53 Å². The minimum Gasteiger partial charge on any atom is -0.496 e. The van der Waals surface area contributed by atoms with E-state index in [-0.39, 0.29) is 11.1 Å². The Bertz CT molecular complexity index is 1140. The number of rotatable bonds is 6. The Kier molecular flexibility index (Phi) is 6.74. The highest BCUT2D eigenvalue weighted by Crippen LogP contribution is 2.42. The summed E-state index contributed by atoms with van der Waals surface area (Å²) in [6.45, 7) is 11.6. The van der Waals surface area contributed by atoms with E-state index in [9.17, 15) is 10.1 Å². The standard InChI is InChI=1S/C27H31N3O2/c1-7-11-30-24-15-25(32-6)20(14-23(24)19(3)16-27(30,4)5)13-21(17-28)26(31)29-22-10-8-9-18(2)12-22/h8-10,12-16H,7,11H2,1-6H3,(H,29,31)/b21-13+. The van der Waals surface area contributed by atoms with E-state index in [0.29, 0.717) is 17.0 Å². The number of nitriles is 1. The molecule has 1 aliphatic rings. The second kappa shape index (κ2) is 9.32. The van der Waals surface area contributed by atoms with Crippen LogP contribution >= 0.6 is 0 Å². The highest BCUT2D eigenvalue weighted by atomic mass is 16.5. The molecule has 0 aliphatic carbocycles. The average molecular weight is 430 g/mol. The molecular weight excluding hydrogens is 398 g/mol. The quantitative estimate of drug-likeness (QED) is 0.454. The van der Waals surface area contributed by atoms with E-state index in [0.717, 1.165) is 35.4 Å². The first kappa shape index (κ1) is 23.1. The first-order valence-corrected chi connectivity index (χ1v) is 10.9. The molecule has 1 N–H and O–H groups in total. The predicted molar refractivity (Wildman–Crippen MR) is 132 cm³/mol. The number of carbonyl (C=O) groups is 1. The fraction of sp³-hybridized carbons (Fsp3) is 0.333. The highest BCUT2D eigenvalue weighted by Gasteiger charge is 2.31. The molecule has 0 bridgehead atoms. The van der Waals surface area contributed by atoms with Crippen LogP contribution in [0.15, 0.2) is 48.0 Å². The molecule has 0 atom stereocenters. The van der Waals surface area contributed by atoms with Gasteiger partial charge in [0.2, 0.25) is 0 Å². The van der Waals surface area contributed by atoms with Crippen molar-refractivity contribution in [3.05, 3.63) is 64.7 Å². The van der Waals surface area contributed by atoms with Crippen molar-refractivity contribution in [3.63, 3.8) is 0 Å². The Morgan fingerprint density at radius 3 is 2.62 bits per heavy atom. The molecule has 1 heterocycles. The zero-order valence-electron chi connectivity index (χ0n) is 19.7. The molecule has 5 heteroatoms. The summed E-state index contributed by atoms with van der Waals surface area (Å²) < 4.78 is 5.67. The number of aryl methyl sites for hydroxylation is 1. The van der Waals surface area contributed by atoms with Crippen molar-refractivity contribution in [1.82, 2.24) is 0 Å². The van der Waals surface area contributed by atoms with Crippen LogP contribution in [0.2, 0.25) is 0 Å². The predicted octanol–water partition coefficient (Wildman–Crippen LogP) is 5.96. The second-order valence-electron chi connectivity index (χ2n) is 8.74. The van der Waals surface area contributed by atoms with Crippen LogP contribution in [0.5, 0.6) is 5.75 Å². The molecule has 0 radical (unpaired) electrons. The molecule has 166 valence electrons. The Hall–Kier alpha value is -3.52. The molecule has 0 aromatic heterocycles. The lowest BCUT2D eigenvalue weighted by atomic mass is 9.87. The number of anilines is 2. The normalized spacial score (nSPS) is 14.8. The summed E-state index contributed by atoms with van der Waals surface area (Å²) in [4.78, 5) is 15.1. The first-order valence-electron chi connectivity index (χ1n) is 10.9. The molecule has 0 saturated carbocycles. The van der Waals surface area contributed by atoms with Crippen molar-refractivity contribution in [2.75, 3.05) is 23.9 Å². The van der Waals surface area contributed by atoms with E-state index in [2.05, 4.69) is 44.0 Å². The summed E-state index contributed by atoms with van der Waals surface area (Å²) in [5, 5.41) is 12.5. The summed E-state index contributed by atoms with van der Waals surface area (Å²) in [7, 11) is 1.61. The molecule has 2 aromatic carbocycles. The van der Waals surface area contributed by atoms with Gasteiger partial charge in [0, 0.05) is 35.1 Å². The van der Waals surface area contributed by atoms with Gasteiger partial charge in [-0.3, -0.25) is 4.79 Å². The lowest BCUT2D eigenvalue weighted by Gasteiger charge is -2.43. The fourth-order valence-electron chi connectivity index (χ4n) is 4.27. The molecule has 3 rings (SSSR count). The number of allylic oxidation sites excluding steroid dienone is 1. The van der Waals surface area contributed by atoms with Crippen molar-refractivity contribution >= 4 is 28.9 Å². The molecule has 0 fully saturated rings.